The third-order valence-electron chi connectivity index (χ3n) is 3.63. The van der Waals surface area contributed by atoms with E-state index < -0.39 is 17.9 Å². The van der Waals surface area contributed by atoms with E-state index in [1.54, 1.807) is 24.3 Å². The van der Waals surface area contributed by atoms with Gasteiger partial charge in [0.2, 0.25) is 0 Å². The summed E-state index contributed by atoms with van der Waals surface area (Å²) in [5.74, 6) is -4.69. The summed E-state index contributed by atoms with van der Waals surface area (Å²) in [6.07, 6.45) is -5.05. The Morgan fingerprint density at radius 3 is 2.36 bits per heavy atom. The maximum Gasteiger partial charge on any atom is 0.458 e. The molecule has 2 unspecified atom stereocenters. The Morgan fingerprint density at radius 1 is 1.32 bits per heavy atom. The molecule has 1 heterocycles. The van der Waals surface area contributed by atoms with Crippen LogP contribution in [0.4, 0.5) is 18.9 Å². The summed E-state index contributed by atoms with van der Waals surface area (Å²) in [7, 11) is 3.70. The molecule has 8 heteroatoms. The van der Waals surface area contributed by atoms with Crippen LogP contribution in [-0.2, 0) is 4.84 Å². The normalized spacial score (nSPS) is 24.9. The quantitative estimate of drug-likeness (QED) is 0.887. The lowest BCUT2D eigenvalue weighted by Gasteiger charge is -2.29. The van der Waals surface area contributed by atoms with Gasteiger partial charge < -0.3 is 20.6 Å². The fourth-order valence-electron chi connectivity index (χ4n) is 2.36. The highest BCUT2D eigenvalue weighted by Gasteiger charge is 2.66. The number of halogens is 3. The summed E-state index contributed by atoms with van der Waals surface area (Å²) in [6, 6.07) is 6.79. The molecule has 0 fully saturated rings. The number of alkyl halides is 3. The van der Waals surface area contributed by atoms with Crippen molar-refractivity contribution in [3.63, 3.8) is 0 Å². The summed E-state index contributed by atoms with van der Waals surface area (Å²) < 4.78 is 39.2. The minimum Gasteiger partial charge on any atom is -0.378 e. The summed E-state index contributed by atoms with van der Waals surface area (Å²) in [4.78, 5) is 6.23. The third-order valence-corrected chi connectivity index (χ3v) is 3.63. The van der Waals surface area contributed by atoms with Crippen molar-refractivity contribution >= 4 is 11.4 Å². The van der Waals surface area contributed by atoms with Crippen LogP contribution in [0.25, 0.3) is 0 Å². The molecule has 0 spiro atoms. The van der Waals surface area contributed by atoms with E-state index in [-0.39, 0.29) is 18.7 Å². The number of benzene rings is 1. The molecule has 0 aliphatic carbocycles. The van der Waals surface area contributed by atoms with Gasteiger partial charge in [-0.2, -0.15) is 13.2 Å². The minimum atomic E-state index is -4.96. The van der Waals surface area contributed by atoms with Gasteiger partial charge in [0.25, 0.3) is 0 Å². The number of anilines is 1. The maximum absolute atomic E-state index is 13.1. The lowest BCUT2D eigenvalue weighted by atomic mass is 9.86. The zero-order valence-electron chi connectivity index (χ0n) is 12.3. The predicted molar refractivity (Wildman–Crippen MR) is 76.6 cm³/mol. The van der Waals surface area contributed by atoms with Gasteiger partial charge in [0.1, 0.15) is 0 Å². The average molecular weight is 317 g/mol. The smallest absolute Gasteiger partial charge is 0.378 e. The molecule has 0 saturated carbocycles. The molecule has 2 atom stereocenters. The van der Waals surface area contributed by atoms with E-state index in [4.69, 9.17) is 5.73 Å². The number of oxime groups is 1. The largest absolute Gasteiger partial charge is 0.458 e. The van der Waals surface area contributed by atoms with Crippen LogP contribution in [0.1, 0.15) is 12.0 Å². The van der Waals surface area contributed by atoms with Crippen LogP contribution in [0.3, 0.4) is 0 Å². The number of aliphatic hydroxyl groups is 1. The number of hydrogen-bond acceptors (Lipinski definition) is 5. The van der Waals surface area contributed by atoms with Gasteiger partial charge >= 0.3 is 12.0 Å². The topological polar surface area (TPSA) is 71.1 Å². The fourth-order valence-corrected chi connectivity index (χ4v) is 2.36. The van der Waals surface area contributed by atoms with Gasteiger partial charge in [-0.3, -0.25) is 0 Å². The first-order chi connectivity index (χ1) is 10.2. The summed E-state index contributed by atoms with van der Waals surface area (Å²) in [6.45, 7) is -0.0266. The Bertz CT molecular complexity index is 557. The average Bonchev–Trinajstić information content (AvgIpc) is 2.78. The number of hydrogen-bond donors (Lipinski definition) is 2. The number of nitrogens with zero attached hydrogens (tertiary/aromatic N) is 2. The molecule has 5 nitrogen and oxygen atoms in total. The van der Waals surface area contributed by atoms with Gasteiger partial charge in [0.05, 0.1) is 11.6 Å². The van der Waals surface area contributed by atoms with Crippen LogP contribution in [0.15, 0.2) is 29.4 Å². The Hall–Kier alpha value is -1.80. The van der Waals surface area contributed by atoms with Gasteiger partial charge in [-0.15, -0.1) is 0 Å². The molecule has 22 heavy (non-hydrogen) atoms. The first-order valence-electron chi connectivity index (χ1n) is 6.73. The molecule has 122 valence electrons. The van der Waals surface area contributed by atoms with Crippen molar-refractivity contribution in [2.24, 2.45) is 16.8 Å². The summed E-state index contributed by atoms with van der Waals surface area (Å²) in [5, 5.41) is 13.3. The summed E-state index contributed by atoms with van der Waals surface area (Å²) >= 11 is 0. The highest BCUT2D eigenvalue weighted by molar-refractivity contribution is 6.03. The zero-order chi connectivity index (χ0) is 16.5. The molecule has 0 saturated heterocycles. The Morgan fingerprint density at radius 2 is 1.91 bits per heavy atom. The molecule has 0 radical (unpaired) electrons. The maximum atomic E-state index is 13.1. The molecule has 0 amide bonds. The van der Waals surface area contributed by atoms with Crippen LogP contribution in [-0.4, -0.2) is 43.4 Å². The second-order valence-corrected chi connectivity index (χ2v) is 5.33. The molecule has 1 aliphatic rings. The molecule has 1 aliphatic heterocycles. The molecule has 0 aromatic heterocycles. The zero-order valence-corrected chi connectivity index (χ0v) is 12.3. The van der Waals surface area contributed by atoms with E-state index in [1.807, 2.05) is 19.0 Å². The van der Waals surface area contributed by atoms with E-state index in [2.05, 4.69) is 9.99 Å². The van der Waals surface area contributed by atoms with Crippen molar-refractivity contribution in [3.05, 3.63) is 29.8 Å². The highest BCUT2D eigenvalue weighted by Crippen LogP contribution is 2.44. The van der Waals surface area contributed by atoms with Crippen molar-refractivity contribution in [2.45, 2.75) is 18.4 Å². The Kier molecular flexibility index (Phi) is 4.35. The molecule has 0 bridgehead atoms. The predicted octanol–water partition coefficient (Wildman–Crippen LogP) is 1.70. The molecule has 3 N–H and O–H groups in total. The standard InChI is InChI=1S/C14H18F3N3O2/c1-20(2)10-5-3-9(4-6-10)12-11(7-8-18)13(21,22-19-12)14(15,16)17/h3-6,11,21H,7-8,18H2,1-2H3. The van der Waals surface area contributed by atoms with Crippen LogP contribution >= 0.6 is 0 Å². The molecule has 1 aromatic rings. The lowest BCUT2D eigenvalue weighted by molar-refractivity contribution is -0.370. The van der Waals surface area contributed by atoms with Gasteiger partial charge in [-0.25, -0.2) is 0 Å². The minimum absolute atomic E-state index is 0.0266. The van der Waals surface area contributed by atoms with Gasteiger partial charge in [0.15, 0.2) is 0 Å². The van der Waals surface area contributed by atoms with E-state index in [1.165, 1.54) is 0 Å². The first-order valence-corrected chi connectivity index (χ1v) is 6.73. The SMILES string of the molecule is CN(C)c1ccc(C2=NOC(O)(C(F)(F)F)C2CCN)cc1. The summed E-state index contributed by atoms with van der Waals surface area (Å²) in [5.41, 5.74) is 6.79. The highest BCUT2D eigenvalue weighted by atomic mass is 19.4. The van der Waals surface area contributed by atoms with Gasteiger partial charge in [-0.1, -0.05) is 17.3 Å². The van der Waals surface area contributed by atoms with Crippen LogP contribution in [0.5, 0.6) is 0 Å². The lowest BCUT2D eigenvalue weighted by Crippen LogP contribution is -2.52. The fraction of sp³-hybridized carbons (Fsp3) is 0.500. The van der Waals surface area contributed by atoms with E-state index in [9.17, 15) is 18.3 Å². The van der Waals surface area contributed by atoms with E-state index in [0.29, 0.717) is 5.56 Å². The van der Waals surface area contributed by atoms with Crippen molar-refractivity contribution in [3.8, 4) is 0 Å². The third kappa shape index (κ3) is 2.76. The van der Waals surface area contributed by atoms with E-state index >= 15 is 0 Å². The molecule has 2 rings (SSSR count). The Balaban J connectivity index is 2.34. The monoisotopic (exact) mass is 317 g/mol. The first kappa shape index (κ1) is 16.6. The van der Waals surface area contributed by atoms with Gasteiger partial charge in [0, 0.05) is 25.3 Å². The van der Waals surface area contributed by atoms with Crippen molar-refractivity contribution < 1.29 is 23.1 Å². The second kappa shape index (κ2) is 5.77. The van der Waals surface area contributed by atoms with Crippen molar-refractivity contribution in [1.29, 1.82) is 0 Å². The van der Waals surface area contributed by atoms with Crippen LogP contribution in [0, 0.1) is 5.92 Å². The van der Waals surface area contributed by atoms with E-state index in [0.717, 1.165) is 5.69 Å². The van der Waals surface area contributed by atoms with Crippen LogP contribution in [0.2, 0.25) is 0 Å². The molecular weight excluding hydrogens is 299 g/mol. The Labute approximate surface area is 126 Å². The second-order valence-electron chi connectivity index (χ2n) is 5.33. The molecule has 1 aromatic carbocycles. The van der Waals surface area contributed by atoms with Gasteiger partial charge in [-0.05, 0) is 25.1 Å². The number of rotatable bonds is 4. The van der Waals surface area contributed by atoms with Crippen molar-refractivity contribution in [2.75, 3.05) is 25.5 Å². The van der Waals surface area contributed by atoms with Crippen molar-refractivity contribution in [1.82, 2.24) is 0 Å². The number of nitrogens with two attached hydrogens (primary N) is 1. The van der Waals surface area contributed by atoms with Crippen LogP contribution < -0.4 is 10.6 Å². The molecular formula is C14H18F3N3O2.